The minimum atomic E-state index is 0.114. The number of aliphatic hydroxyl groups is 1. The molecule has 0 aliphatic carbocycles. The molecule has 0 saturated carbocycles. The Morgan fingerprint density at radius 1 is 1.16 bits per heavy atom. The van der Waals surface area contributed by atoms with Crippen LogP contribution < -0.4 is 0 Å². The van der Waals surface area contributed by atoms with Crippen molar-refractivity contribution in [2.24, 2.45) is 5.41 Å². The second kappa shape index (κ2) is 7.85. The molecule has 0 unspecified atom stereocenters. The molecule has 1 fully saturated rings. The minimum Gasteiger partial charge on any atom is -0.395 e. The molecule has 4 heteroatoms. The fourth-order valence-electron chi connectivity index (χ4n) is 2.64. The lowest BCUT2D eigenvalue weighted by Crippen LogP contribution is -2.44. The highest BCUT2D eigenvalue weighted by atomic mass is 16.3. The van der Waals surface area contributed by atoms with E-state index in [1.54, 1.807) is 0 Å². The second-order valence-electron chi connectivity index (χ2n) is 6.79. The second-order valence-corrected chi connectivity index (χ2v) is 6.79. The summed E-state index contributed by atoms with van der Waals surface area (Å²) in [5.74, 6) is 0.222. The van der Waals surface area contributed by atoms with Gasteiger partial charge in [-0.1, -0.05) is 33.6 Å². The molecule has 0 atom stereocenters. The quantitative estimate of drug-likeness (QED) is 0.827. The summed E-state index contributed by atoms with van der Waals surface area (Å²) >= 11 is 0. The zero-order valence-electron chi connectivity index (χ0n) is 12.8. The lowest BCUT2D eigenvalue weighted by molar-refractivity contribution is -0.132. The molecule has 0 bridgehead atoms. The number of nitrogens with zero attached hydrogens (tertiary/aromatic N) is 2. The van der Waals surface area contributed by atoms with E-state index < -0.39 is 0 Å². The molecule has 1 saturated heterocycles. The van der Waals surface area contributed by atoms with Crippen LogP contribution in [0.4, 0.5) is 0 Å². The van der Waals surface area contributed by atoms with Gasteiger partial charge in [-0.2, -0.15) is 0 Å². The fourth-order valence-corrected chi connectivity index (χ4v) is 2.64. The van der Waals surface area contributed by atoms with Crippen molar-refractivity contribution in [1.82, 2.24) is 9.80 Å². The van der Waals surface area contributed by atoms with Gasteiger partial charge in [-0.05, 0) is 18.3 Å². The molecule has 1 aliphatic rings. The van der Waals surface area contributed by atoms with Crippen LogP contribution >= 0.6 is 0 Å². The minimum absolute atomic E-state index is 0.114. The Kier molecular flexibility index (Phi) is 6.80. The molecule has 1 rings (SSSR count). The number of carbonyl (C=O) groups is 1. The van der Waals surface area contributed by atoms with E-state index in [1.165, 1.54) is 12.8 Å². The molecule has 0 aromatic rings. The van der Waals surface area contributed by atoms with Gasteiger partial charge in [0, 0.05) is 26.2 Å². The zero-order chi connectivity index (χ0) is 14.3. The Bertz CT molecular complexity index is 266. The van der Waals surface area contributed by atoms with E-state index in [2.05, 4.69) is 25.7 Å². The Morgan fingerprint density at radius 2 is 1.74 bits per heavy atom. The molecular formula is C15H30N2O2. The first kappa shape index (κ1) is 16.4. The molecule has 0 aromatic heterocycles. The van der Waals surface area contributed by atoms with Gasteiger partial charge in [0.1, 0.15) is 0 Å². The normalized spacial score (nSPS) is 17.6. The Balaban J connectivity index is 2.49. The van der Waals surface area contributed by atoms with E-state index in [1.807, 2.05) is 4.90 Å². The number of hydrogen-bond donors (Lipinski definition) is 1. The number of aliphatic hydroxyl groups excluding tert-OH is 1. The Hall–Kier alpha value is -0.610. The number of hydrogen-bond acceptors (Lipinski definition) is 3. The first-order valence-electron chi connectivity index (χ1n) is 7.53. The van der Waals surface area contributed by atoms with Crippen LogP contribution in [-0.2, 0) is 4.79 Å². The Labute approximate surface area is 117 Å². The molecule has 19 heavy (non-hydrogen) atoms. The van der Waals surface area contributed by atoms with Crippen molar-refractivity contribution in [3.05, 3.63) is 0 Å². The van der Waals surface area contributed by atoms with Gasteiger partial charge in [-0.15, -0.1) is 0 Å². The maximum absolute atomic E-state index is 12.3. The van der Waals surface area contributed by atoms with Crippen LogP contribution in [0.25, 0.3) is 0 Å². The summed E-state index contributed by atoms with van der Waals surface area (Å²) in [6.45, 7) is 10.3. The summed E-state index contributed by atoms with van der Waals surface area (Å²) in [6.07, 6.45) is 4.74. The van der Waals surface area contributed by atoms with Gasteiger partial charge in [-0.3, -0.25) is 9.69 Å². The van der Waals surface area contributed by atoms with Gasteiger partial charge in [0.15, 0.2) is 0 Å². The van der Waals surface area contributed by atoms with Crippen LogP contribution in [0, 0.1) is 5.41 Å². The molecule has 112 valence electrons. The smallest absolute Gasteiger partial charge is 0.236 e. The first-order valence-corrected chi connectivity index (χ1v) is 7.53. The molecular weight excluding hydrogens is 240 g/mol. The van der Waals surface area contributed by atoms with Crippen molar-refractivity contribution in [2.75, 3.05) is 39.3 Å². The van der Waals surface area contributed by atoms with Crippen LogP contribution in [0.2, 0.25) is 0 Å². The van der Waals surface area contributed by atoms with Crippen LogP contribution in [0.1, 0.15) is 46.5 Å². The highest BCUT2D eigenvalue weighted by Gasteiger charge is 2.21. The van der Waals surface area contributed by atoms with Gasteiger partial charge < -0.3 is 10.0 Å². The predicted molar refractivity (Wildman–Crippen MR) is 78.0 cm³/mol. The number of likely N-dealkylation sites (tertiary alicyclic amines) is 1. The average Bonchev–Trinajstić information content (AvgIpc) is 2.55. The fraction of sp³-hybridized carbons (Fsp3) is 0.933. The van der Waals surface area contributed by atoms with Gasteiger partial charge >= 0.3 is 0 Å². The van der Waals surface area contributed by atoms with E-state index in [0.717, 1.165) is 32.5 Å². The predicted octanol–water partition coefficient (Wildman–Crippen LogP) is 1.73. The van der Waals surface area contributed by atoms with Crippen molar-refractivity contribution in [3.8, 4) is 0 Å². The van der Waals surface area contributed by atoms with Crippen LogP contribution in [0.15, 0.2) is 0 Å². The van der Waals surface area contributed by atoms with Crippen molar-refractivity contribution in [2.45, 2.75) is 46.5 Å². The number of rotatable bonds is 5. The number of carbonyl (C=O) groups excluding carboxylic acids is 1. The van der Waals surface area contributed by atoms with Crippen LogP contribution in [0.3, 0.4) is 0 Å². The molecule has 1 N–H and O–H groups in total. The van der Waals surface area contributed by atoms with Gasteiger partial charge in [0.2, 0.25) is 5.91 Å². The highest BCUT2D eigenvalue weighted by Crippen LogP contribution is 2.16. The lowest BCUT2D eigenvalue weighted by atomic mass is 9.96. The molecule has 1 amide bonds. The van der Waals surface area contributed by atoms with Crippen LogP contribution in [0.5, 0.6) is 0 Å². The summed E-state index contributed by atoms with van der Waals surface area (Å²) in [5, 5.41) is 9.14. The van der Waals surface area contributed by atoms with Crippen molar-refractivity contribution < 1.29 is 9.90 Å². The third-order valence-corrected chi connectivity index (χ3v) is 3.43. The largest absolute Gasteiger partial charge is 0.395 e. The van der Waals surface area contributed by atoms with E-state index >= 15 is 0 Å². The van der Waals surface area contributed by atoms with Crippen molar-refractivity contribution >= 4 is 5.91 Å². The monoisotopic (exact) mass is 270 g/mol. The third-order valence-electron chi connectivity index (χ3n) is 3.43. The SMILES string of the molecule is CC(C)(C)CN(CCO)CC(=O)N1CCCCCC1. The van der Waals surface area contributed by atoms with E-state index in [4.69, 9.17) is 5.11 Å². The average molecular weight is 270 g/mol. The summed E-state index contributed by atoms with van der Waals surface area (Å²) in [6, 6.07) is 0. The molecule has 0 spiro atoms. The van der Waals surface area contributed by atoms with E-state index in [-0.39, 0.29) is 17.9 Å². The number of amides is 1. The maximum Gasteiger partial charge on any atom is 0.236 e. The molecule has 0 radical (unpaired) electrons. The standard InChI is InChI=1S/C15H30N2O2/c1-15(2,3)13-16(10-11-18)12-14(19)17-8-6-4-5-7-9-17/h18H,4-13H2,1-3H3. The van der Waals surface area contributed by atoms with Gasteiger partial charge in [0.05, 0.1) is 13.2 Å². The van der Waals surface area contributed by atoms with Gasteiger partial charge in [0.25, 0.3) is 0 Å². The van der Waals surface area contributed by atoms with Crippen molar-refractivity contribution in [1.29, 1.82) is 0 Å². The zero-order valence-corrected chi connectivity index (χ0v) is 12.8. The van der Waals surface area contributed by atoms with Gasteiger partial charge in [-0.25, -0.2) is 0 Å². The first-order chi connectivity index (χ1) is 8.92. The topological polar surface area (TPSA) is 43.8 Å². The molecule has 1 aliphatic heterocycles. The summed E-state index contributed by atoms with van der Waals surface area (Å²) in [4.78, 5) is 16.4. The lowest BCUT2D eigenvalue weighted by Gasteiger charge is -2.31. The highest BCUT2D eigenvalue weighted by molar-refractivity contribution is 5.78. The third kappa shape index (κ3) is 6.92. The van der Waals surface area contributed by atoms with Crippen molar-refractivity contribution in [3.63, 3.8) is 0 Å². The van der Waals surface area contributed by atoms with E-state index in [9.17, 15) is 4.79 Å². The maximum atomic E-state index is 12.3. The molecule has 4 nitrogen and oxygen atoms in total. The summed E-state index contributed by atoms with van der Waals surface area (Å²) in [7, 11) is 0. The summed E-state index contributed by atoms with van der Waals surface area (Å²) < 4.78 is 0. The molecule has 0 aromatic carbocycles. The van der Waals surface area contributed by atoms with Crippen LogP contribution in [-0.4, -0.2) is 60.1 Å². The van der Waals surface area contributed by atoms with E-state index in [0.29, 0.717) is 13.1 Å². The summed E-state index contributed by atoms with van der Waals surface area (Å²) in [5.41, 5.74) is 0.147. The Morgan fingerprint density at radius 3 is 2.21 bits per heavy atom. The molecule has 1 heterocycles.